The largest absolute Gasteiger partial charge is 0.325 e. The van der Waals surface area contributed by atoms with Crippen LogP contribution < -0.4 is 11.2 Å². The number of carbonyl (C=O) groups excluding carboxylic acids is 3. The monoisotopic (exact) mass is 572 g/mol. The number of nitrogens with two attached hydrogens (primary N) is 1. The average Bonchev–Trinajstić information content (AvgIpc) is 3.25. The summed E-state index contributed by atoms with van der Waals surface area (Å²) >= 11 is 0. The molecular weight excluding hydrogens is 545 g/mol. The summed E-state index contributed by atoms with van der Waals surface area (Å²) in [7, 11) is 0. The number of benzene rings is 3. The second-order valence-electron chi connectivity index (χ2n) is 10.4. The van der Waals surface area contributed by atoms with Gasteiger partial charge in [0.2, 0.25) is 11.8 Å². The van der Waals surface area contributed by atoms with E-state index in [1.165, 1.54) is 18.3 Å². The number of nitrogens with one attached hydrogen (secondary N) is 1. The fourth-order valence-electron chi connectivity index (χ4n) is 5.55. The van der Waals surface area contributed by atoms with Gasteiger partial charge >= 0.3 is 0 Å². The number of rotatable bonds is 8. The van der Waals surface area contributed by atoms with E-state index in [1.54, 1.807) is 12.1 Å². The van der Waals surface area contributed by atoms with Crippen LogP contribution in [0.2, 0.25) is 0 Å². The minimum Gasteiger partial charge on any atom is -0.325 e. The molecule has 0 fully saturated rings. The third kappa shape index (κ3) is 5.66. The first-order valence-corrected chi connectivity index (χ1v) is 13.2. The molecule has 42 heavy (non-hydrogen) atoms. The van der Waals surface area contributed by atoms with Crippen LogP contribution in [0, 0.1) is 31.3 Å². The van der Waals surface area contributed by atoms with Gasteiger partial charge < -0.3 is 5.32 Å². The van der Waals surface area contributed by atoms with Gasteiger partial charge in [0.1, 0.15) is 17.5 Å². The third-order valence-electron chi connectivity index (χ3n) is 7.40. The van der Waals surface area contributed by atoms with Crippen LogP contribution in [0.4, 0.5) is 18.9 Å². The van der Waals surface area contributed by atoms with Crippen molar-refractivity contribution in [3.8, 4) is 11.1 Å². The molecular formula is C32H27F3N4O3. The van der Waals surface area contributed by atoms with Crippen LogP contribution in [0.5, 0.6) is 0 Å². The molecule has 10 heteroatoms. The van der Waals surface area contributed by atoms with Crippen LogP contribution in [0.25, 0.3) is 11.1 Å². The average molecular weight is 573 g/mol. The van der Waals surface area contributed by atoms with Crippen LogP contribution in [-0.4, -0.2) is 28.1 Å². The van der Waals surface area contributed by atoms with Crippen LogP contribution in [0.15, 0.2) is 66.9 Å². The number of anilines is 1. The van der Waals surface area contributed by atoms with E-state index in [-0.39, 0.29) is 35.6 Å². The quantitative estimate of drug-likeness (QED) is 0.122. The van der Waals surface area contributed by atoms with Crippen molar-refractivity contribution < 1.29 is 27.6 Å². The molecule has 0 aliphatic carbocycles. The summed E-state index contributed by atoms with van der Waals surface area (Å²) in [5.74, 6) is 2.41. The number of hydrogen-bond acceptors (Lipinski definition) is 5. The summed E-state index contributed by atoms with van der Waals surface area (Å²) < 4.78 is 42.4. The Morgan fingerprint density at radius 3 is 2.52 bits per heavy atom. The predicted molar refractivity (Wildman–Crippen MR) is 151 cm³/mol. The van der Waals surface area contributed by atoms with Crippen LogP contribution in [0.3, 0.4) is 0 Å². The number of amides is 2. The Morgan fingerprint density at radius 1 is 1.07 bits per heavy atom. The summed E-state index contributed by atoms with van der Waals surface area (Å²) in [6, 6.07) is 12.9. The highest BCUT2D eigenvalue weighted by Gasteiger charge is 2.36. The van der Waals surface area contributed by atoms with Gasteiger partial charge in [0.05, 0.1) is 23.2 Å². The SMILES string of the molecule is Cc1cc(C)c2c(c1)NC(=O)C2CC(=O)N(N)C(Cc1cc(F)cc(F)c1)c1ncccc1-c1ccc(F)c(C=O)c1. The van der Waals surface area contributed by atoms with Gasteiger partial charge in [-0.25, -0.2) is 19.0 Å². The molecule has 7 nitrogen and oxygen atoms in total. The minimum absolute atomic E-state index is 0.131. The molecule has 1 aliphatic heterocycles. The Hall–Kier alpha value is -4.83. The van der Waals surface area contributed by atoms with Crippen LogP contribution >= 0.6 is 0 Å². The second kappa shape index (κ2) is 11.6. The molecule has 0 spiro atoms. The van der Waals surface area contributed by atoms with Crippen molar-refractivity contribution in [1.82, 2.24) is 9.99 Å². The van der Waals surface area contributed by atoms with E-state index in [9.17, 15) is 27.6 Å². The highest BCUT2D eigenvalue weighted by molar-refractivity contribution is 6.05. The number of aromatic nitrogens is 1. The molecule has 3 aromatic carbocycles. The molecule has 2 atom stereocenters. The Kier molecular flexibility index (Phi) is 7.91. The van der Waals surface area contributed by atoms with Gasteiger partial charge in [0.15, 0.2) is 6.29 Å². The molecule has 4 aromatic rings. The second-order valence-corrected chi connectivity index (χ2v) is 10.4. The molecule has 0 saturated heterocycles. The summed E-state index contributed by atoms with van der Waals surface area (Å²) in [5, 5.41) is 3.75. The van der Waals surface area contributed by atoms with E-state index in [0.29, 0.717) is 28.7 Å². The van der Waals surface area contributed by atoms with Crippen molar-refractivity contribution in [3.63, 3.8) is 0 Å². The van der Waals surface area contributed by atoms with Crippen molar-refractivity contribution in [1.29, 1.82) is 0 Å². The fraction of sp³-hybridized carbons (Fsp3) is 0.188. The van der Waals surface area contributed by atoms with Crippen LogP contribution in [-0.2, 0) is 16.0 Å². The third-order valence-corrected chi connectivity index (χ3v) is 7.40. The standard InChI is InChI=1S/C32H27F3N4O3/c1-17-8-18(2)30-25(32(42)38-27(30)9-17)15-29(41)39(36)28(12-19-10-22(33)14-23(34)11-19)31-24(4-3-7-37-31)20-5-6-26(35)21(13-20)16-40/h3-11,13-14,16,25,28H,12,15,36H2,1-2H3,(H,38,42). The molecule has 214 valence electrons. The summed E-state index contributed by atoms with van der Waals surface area (Å²) in [4.78, 5) is 42.5. The van der Waals surface area contributed by atoms with Gasteiger partial charge in [-0.05, 0) is 78.1 Å². The summed E-state index contributed by atoms with van der Waals surface area (Å²) in [6.07, 6.45) is 1.46. The van der Waals surface area contributed by atoms with Crippen molar-refractivity contribution >= 4 is 23.8 Å². The smallest absolute Gasteiger partial charge is 0.238 e. The first-order chi connectivity index (χ1) is 20.0. The van der Waals surface area contributed by atoms with Crippen LogP contribution in [0.1, 0.15) is 56.7 Å². The molecule has 0 saturated carbocycles. The number of hydrazine groups is 1. The lowest BCUT2D eigenvalue weighted by molar-refractivity contribution is -0.136. The van der Waals surface area contributed by atoms with Gasteiger partial charge in [-0.3, -0.25) is 24.4 Å². The molecule has 1 aromatic heterocycles. The van der Waals surface area contributed by atoms with Crippen molar-refractivity contribution in [3.05, 3.63) is 118 Å². The first-order valence-electron chi connectivity index (χ1n) is 13.2. The zero-order valence-corrected chi connectivity index (χ0v) is 22.8. The minimum atomic E-state index is -1.05. The van der Waals surface area contributed by atoms with E-state index >= 15 is 0 Å². The van der Waals surface area contributed by atoms with E-state index < -0.39 is 35.3 Å². The first kappa shape index (κ1) is 28.7. The zero-order chi connectivity index (χ0) is 30.1. The fourth-order valence-corrected chi connectivity index (χ4v) is 5.55. The molecule has 2 heterocycles. The predicted octanol–water partition coefficient (Wildman–Crippen LogP) is 5.71. The number of aryl methyl sites for hydroxylation is 2. The summed E-state index contributed by atoms with van der Waals surface area (Å²) in [5.41, 5.74) is 4.30. The number of aldehydes is 1. The molecule has 0 radical (unpaired) electrons. The molecule has 3 N–H and O–H groups in total. The molecule has 5 rings (SSSR count). The Labute approximate surface area is 240 Å². The topological polar surface area (TPSA) is 105 Å². The maximum absolute atomic E-state index is 14.1. The molecule has 0 bridgehead atoms. The maximum Gasteiger partial charge on any atom is 0.238 e. The van der Waals surface area contributed by atoms with Crippen molar-refractivity contribution in [2.24, 2.45) is 5.84 Å². The molecule has 2 amide bonds. The van der Waals surface area contributed by atoms with E-state index in [0.717, 1.165) is 40.4 Å². The van der Waals surface area contributed by atoms with Gasteiger partial charge in [-0.15, -0.1) is 0 Å². The molecule has 1 aliphatic rings. The van der Waals surface area contributed by atoms with Gasteiger partial charge in [0.25, 0.3) is 0 Å². The Balaban J connectivity index is 1.55. The number of nitrogens with zero attached hydrogens (tertiary/aromatic N) is 2. The number of halogens is 3. The van der Waals surface area contributed by atoms with E-state index in [4.69, 9.17) is 5.84 Å². The van der Waals surface area contributed by atoms with Gasteiger partial charge in [0, 0.05) is 36.4 Å². The lowest BCUT2D eigenvalue weighted by atomic mass is 9.91. The lowest BCUT2D eigenvalue weighted by Gasteiger charge is -2.30. The van der Waals surface area contributed by atoms with Gasteiger partial charge in [-0.2, -0.15) is 0 Å². The number of fused-ring (bicyclic) bond motifs is 1. The van der Waals surface area contributed by atoms with E-state index in [1.807, 2.05) is 26.0 Å². The molecule has 2 unspecified atom stereocenters. The van der Waals surface area contributed by atoms with Crippen molar-refractivity contribution in [2.45, 2.75) is 38.6 Å². The number of carbonyl (C=O) groups is 3. The number of hydrogen-bond donors (Lipinski definition) is 2. The highest BCUT2D eigenvalue weighted by Crippen LogP contribution is 2.39. The highest BCUT2D eigenvalue weighted by atomic mass is 19.1. The Bertz CT molecular complexity index is 1710. The lowest BCUT2D eigenvalue weighted by Crippen LogP contribution is -2.43. The van der Waals surface area contributed by atoms with Crippen molar-refractivity contribution in [2.75, 3.05) is 5.32 Å². The number of pyridine rings is 1. The normalized spacial score (nSPS) is 14.7. The van der Waals surface area contributed by atoms with Gasteiger partial charge in [-0.1, -0.05) is 18.2 Å². The maximum atomic E-state index is 14.1. The zero-order valence-electron chi connectivity index (χ0n) is 22.8. The van der Waals surface area contributed by atoms with E-state index in [2.05, 4.69) is 10.3 Å². The Morgan fingerprint density at radius 2 is 1.81 bits per heavy atom. The summed E-state index contributed by atoms with van der Waals surface area (Å²) in [6.45, 7) is 3.77.